The molecule has 1 N–H and O–H groups in total. The minimum absolute atomic E-state index is 0.0120. The van der Waals surface area contributed by atoms with Gasteiger partial charge in [-0.25, -0.2) is 0 Å². The third-order valence-electron chi connectivity index (χ3n) is 2.82. The molecule has 7 heteroatoms. The molecule has 1 rings (SSSR count). The van der Waals surface area contributed by atoms with Crippen molar-refractivity contribution in [2.75, 3.05) is 13.7 Å². The Labute approximate surface area is 114 Å². The summed E-state index contributed by atoms with van der Waals surface area (Å²) in [5, 5.41) is 9.20. The van der Waals surface area contributed by atoms with E-state index in [1.807, 2.05) is 0 Å². The zero-order valence-corrected chi connectivity index (χ0v) is 11.8. The lowest BCUT2D eigenvalue weighted by molar-refractivity contribution is 0.0443. The fourth-order valence-corrected chi connectivity index (χ4v) is 1.71. The highest BCUT2D eigenvalue weighted by Crippen LogP contribution is 2.22. The number of alkyl halides is 2. The molecule has 0 aliphatic rings. The summed E-state index contributed by atoms with van der Waals surface area (Å²) in [5.74, 6) is -2.46. The van der Waals surface area contributed by atoms with Crippen LogP contribution in [0.25, 0.3) is 0 Å². The minimum Gasteiger partial charge on any atom is -0.455 e. The monoisotopic (exact) mass is 293 g/mol. The molecule has 1 aromatic heterocycles. The van der Waals surface area contributed by atoms with E-state index in [2.05, 4.69) is 0 Å². The zero-order chi connectivity index (χ0) is 14.6. The third kappa shape index (κ3) is 4.21. The average molecular weight is 293 g/mol. The number of nitrogens with zero attached hydrogens (tertiary/aromatic N) is 1. The van der Waals surface area contributed by atoms with E-state index in [1.54, 1.807) is 20.9 Å². The van der Waals surface area contributed by atoms with Crippen molar-refractivity contribution >= 4 is 17.7 Å². The maximum absolute atomic E-state index is 12.1. The molecular weight excluding hydrogens is 276 g/mol. The van der Waals surface area contributed by atoms with E-state index >= 15 is 0 Å². The van der Waals surface area contributed by atoms with Crippen LogP contribution in [0.3, 0.4) is 0 Å². The van der Waals surface area contributed by atoms with Crippen LogP contribution in [0.2, 0.25) is 0 Å². The number of likely N-dealkylation sites (N-methyl/N-ethyl adjacent to an activating group) is 1. The van der Waals surface area contributed by atoms with Crippen LogP contribution in [0.5, 0.6) is 0 Å². The van der Waals surface area contributed by atoms with E-state index in [0.29, 0.717) is 17.5 Å². The summed E-state index contributed by atoms with van der Waals surface area (Å²) >= 11 is 0.436. The molecule has 108 valence electrons. The second-order valence-corrected chi connectivity index (χ2v) is 5.65. The number of carbonyl (C=O) groups excluding carboxylic acids is 1. The van der Waals surface area contributed by atoms with E-state index in [1.165, 1.54) is 17.0 Å². The smallest absolute Gasteiger partial charge is 0.289 e. The van der Waals surface area contributed by atoms with Crippen LogP contribution in [0.15, 0.2) is 16.5 Å². The highest BCUT2D eigenvalue weighted by molar-refractivity contribution is 7.98. The fourth-order valence-electron chi connectivity index (χ4n) is 1.26. The summed E-state index contributed by atoms with van der Waals surface area (Å²) in [4.78, 5) is 13.4. The van der Waals surface area contributed by atoms with Crippen LogP contribution in [-0.4, -0.2) is 40.9 Å². The summed E-state index contributed by atoms with van der Waals surface area (Å²) in [6.45, 7) is 3.23. The van der Waals surface area contributed by atoms with Crippen LogP contribution < -0.4 is 0 Å². The van der Waals surface area contributed by atoms with Crippen LogP contribution in [0.1, 0.15) is 30.2 Å². The number of amides is 1. The van der Waals surface area contributed by atoms with Crippen molar-refractivity contribution in [3.63, 3.8) is 0 Å². The van der Waals surface area contributed by atoms with Crippen LogP contribution >= 0.6 is 11.8 Å². The van der Waals surface area contributed by atoms with Gasteiger partial charge in [0, 0.05) is 7.05 Å². The standard InChI is InChI=1S/C12H17F2NO3S/c1-12(2,7-16)15(3)10(17)9-5-4-8(18-9)6-19-11(13)14/h4-5,11,16H,6-7H2,1-3H3. The molecule has 0 spiro atoms. The first-order valence-corrected chi connectivity index (χ1v) is 6.70. The lowest BCUT2D eigenvalue weighted by Crippen LogP contribution is -2.47. The number of hydrogen-bond acceptors (Lipinski definition) is 4. The molecule has 0 aliphatic carbocycles. The van der Waals surface area contributed by atoms with Crippen molar-refractivity contribution in [3.8, 4) is 0 Å². The molecule has 4 nitrogen and oxygen atoms in total. The topological polar surface area (TPSA) is 53.7 Å². The number of carbonyl (C=O) groups is 1. The second-order valence-electron chi connectivity index (χ2n) is 4.67. The molecule has 0 aromatic carbocycles. The van der Waals surface area contributed by atoms with Gasteiger partial charge in [0.05, 0.1) is 17.9 Å². The quantitative estimate of drug-likeness (QED) is 0.876. The summed E-state index contributed by atoms with van der Waals surface area (Å²) < 4.78 is 29.3. The van der Waals surface area contributed by atoms with Crippen molar-refractivity contribution in [3.05, 3.63) is 23.7 Å². The Bertz CT molecular complexity index is 434. The fraction of sp³-hybridized carbons (Fsp3) is 0.583. The maximum Gasteiger partial charge on any atom is 0.289 e. The van der Waals surface area contributed by atoms with Crippen LogP contribution in [0, 0.1) is 0 Å². The molecule has 0 saturated heterocycles. The van der Waals surface area contributed by atoms with Gasteiger partial charge in [-0.1, -0.05) is 11.8 Å². The number of hydrogen-bond donors (Lipinski definition) is 1. The molecule has 0 aliphatic heterocycles. The van der Waals surface area contributed by atoms with Gasteiger partial charge in [0.2, 0.25) is 0 Å². The summed E-state index contributed by atoms with van der Waals surface area (Å²) in [5.41, 5.74) is -0.720. The Kier molecular flexibility index (Phi) is 5.37. The molecule has 19 heavy (non-hydrogen) atoms. The Balaban J connectivity index is 2.73. The van der Waals surface area contributed by atoms with Gasteiger partial charge in [0.25, 0.3) is 11.7 Å². The Morgan fingerprint density at radius 1 is 1.53 bits per heavy atom. The van der Waals surface area contributed by atoms with E-state index in [9.17, 15) is 18.7 Å². The SMILES string of the molecule is CN(C(=O)c1ccc(CSC(F)F)o1)C(C)(C)CO. The van der Waals surface area contributed by atoms with E-state index < -0.39 is 17.2 Å². The van der Waals surface area contributed by atoms with Gasteiger partial charge in [-0.15, -0.1) is 0 Å². The Morgan fingerprint density at radius 3 is 2.68 bits per heavy atom. The van der Waals surface area contributed by atoms with Crippen molar-refractivity contribution < 1.29 is 23.1 Å². The summed E-state index contributed by atoms with van der Waals surface area (Å²) in [7, 11) is 1.55. The number of aliphatic hydroxyl groups excluding tert-OH is 1. The number of furan rings is 1. The molecule has 0 bridgehead atoms. The predicted octanol–water partition coefficient (Wildman–Crippen LogP) is 2.58. The van der Waals surface area contributed by atoms with Crippen molar-refractivity contribution in [2.45, 2.75) is 30.9 Å². The first-order valence-electron chi connectivity index (χ1n) is 5.65. The highest BCUT2D eigenvalue weighted by Gasteiger charge is 2.29. The normalized spacial score (nSPS) is 11.9. The molecule has 0 radical (unpaired) electrons. The molecule has 0 unspecified atom stereocenters. The van der Waals surface area contributed by atoms with Crippen LogP contribution in [0.4, 0.5) is 8.78 Å². The first kappa shape index (κ1) is 16.0. The number of halogens is 2. The molecule has 1 heterocycles. The highest BCUT2D eigenvalue weighted by atomic mass is 32.2. The number of aliphatic hydroxyl groups is 1. The van der Waals surface area contributed by atoms with Gasteiger partial charge < -0.3 is 14.4 Å². The van der Waals surface area contributed by atoms with Gasteiger partial charge in [-0.2, -0.15) is 8.78 Å². The Hall–Kier alpha value is -1.08. The molecule has 1 amide bonds. The van der Waals surface area contributed by atoms with E-state index in [-0.39, 0.29) is 18.1 Å². The second kappa shape index (κ2) is 6.38. The molecular formula is C12H17F2NO3S. The lowest BCUT2D eigenvalue weighted by atomic mass is 10.1. The van der Waals surface area contributed by atoms with Gasteiger partial charge in [0.1, 0.15) is 5.76 Å². The average Bonchev–Trinajstić information content (AvgIpc) is 2.83. The van der Waals surface area contributed by atoms with E-state index in [4.69, 9.17) is 4.42 Å². The first-order chi connectivity index (χ1) is 8.77. The number of rotatable bonds is 6. The van der Waals surface area contributed by atoms with Gasteiger partial charge in [-0.05, 0) is 26.0 Å². The Morgan fingerprint density at radius 2 is 2.16 bits per heavy atom. The lowest BCUT2D eigenvalue weighted by Gasteiger charge is -2.33. The molecule has 1 aromatic rings. The summed E-state index contributed by atoms with van der Waals surface area (Å²) in [6.07, 6.45) is 0. The predicted molar refractivity (Wildman–Crippen MR) is 69.3 cm³/mol. The van der Waals surface area contributed by atoms with Crippen molar-refractivity contribution in [1.29, 1.82) is 0 Å². The van der Waals surface area contributed by atoms with Crippen molar-refractivity contribution in [2.24, 2.45) is 0 Å². The minimum atomic E-state index is -2.47. The zero-order valence-electron chi connectivity index (χ0n) is 11.0. The summed E-state index contributed by atoms with van der Waals surface area (Å²) in [6, 6.07) is 2.95. The number of thioether (sulfide) groups is 1. The molecule has 0 atom stereocenters. The van der Waals surface area contributed by atoms with Gasteiger partial charge >= 0.3 is 0 Å². The largest absolute Gasteiger partial charge is 0.455 e. The molecule has 0 fully saturated rings. The van der Waals surface area contributed by atoms with Crippen LogP contribution in [-0.2, 0) is 5.75 Å². The maximum atomic E-state index is 12.1. The van der Waals surface area contributed by atoms with Gasteiger partial charge in [-0.3, -0.25) is 4.79 Å². The van der Waals surface area contributed by atoms with Gasteiger partial charge in [0.15, 0.2) is 5.76 Å². The van der Waals surface area contributed by atoms with Crippen molar-refractivity contribution in [1.82, 2.24) is 4.90 Å². The van der Waals surface area contributed by atoms with E-state index in [0.717, 1.165) is 0 Å². The molecule has 0 saturated carbocycles. The third-order valence-corrected chi connectivity index (χ3v) is 3.53.